The molecule has 0 aromatic heterocycles. The third-order valence-corrected chi connectivity index (χ3v) is 3.34. The normalized spacial score (nSPS) is 22.3. The van der Waals surface area contributed by atoms with Crippen LogP contribution < -0.4 is 10.6 Å². The molecule has 4 nitrogen and oxygen atoms in total. The van der Waals surface area contributed by atoms with Gasteiger partial charge < -0.3 is 15.7 Å². The zero-order valence-electron chi connectivity index (χ0n) is 11.3. The van der Waals surface area contributed by atoms with Crippen molar-refractivity contribution in [1.82, 2.24) is 5.32 Å². The number of carbonyl (C=O) groups excluding carboxylic acids is 1. The summed E-state index contributed by atoms with van der Waals surface area (Å²) in [7, 11) is 0. The Balaban J connectivity index is 1.86. The number of nitrogens with one attached hydrogen (secondary N) is 2. The standard InChI is InChI=1S/C14H17F3N2O2/c15-14(16,17)6-5-9-1-3-10(4-2-9)19-13(21)12-7-11(20)8-18-12/h1-4,11-12,18,20H,5-8H2,(H,19,21). The molecule has 0 saturated carbocycles. The molecule has 1 aromatic carbocycles. The van der Waals surface area contributed by atoms with Crippen molar-refractivity contribution in [2.75, 3.05) is 11.9 Å². The Hall–Kier alpha value is -1.60. The molecule has 2 rings (SSSR count). The fourth-order valence-electron chi connectivity index (χ4n) is 2.19. The maximum atomic E-state index is 12.1. The van der Waals surface area contributed by atoms with Gasteiger partial charge >= 0.3 is 6.18 Å². The van der Waals surface area contributed by atoms with E-state index in [1.807, 2.05) is 0 Å². The monoisotopic (exact) mass is 302 g/mol. The lowest BCUT2D eigenvalue weighted by Crippen LogP contribution is -2.35. The second kappa shape index (κ2) is 6.44. The number of carbonyl (C=O) groups is 1. The molecule has 1 aliphatic rings. The minimum absolute atomic E-state index is 0.0753. The van der Waals surface area contributed by atoms with Gasteiger partial charge in [0.2, 0.25) is 5.91 Å². The minimum Gasteiger partial charge on any atom is -0.392 e. The van der Waals surface area contributed by atoms with Gasteiger partial charge in [0.1, 0.15) is 0 Å². The first-order valence-corrected chi connectivity index (χ1v) is 6.71. The molecule has 0 aliphatic carbocycles. The lowest BCUT2D eigenvalue weighted by molar-refractivity contribution is -0.134. The van der Waals surface area contributed by atoms with Gasteiger partial charge in [0.25, 0.3) is 0 Å². The number of alkyl halides is 3. The van der Waals surface area contributed by atoms with Crippen molar-refractivity contribution in [2.45, 2.75) is 37.6 Å². The molecule has 2 atom stereocenters. The van der Waals surface area contributed by atoms with Gasteiger partial charge in [-0.1, -0.05) is 12.1 Å². The number of β-amino-alcohol motifs (C(OH)–C–C–N with tert-alkyl or cyclic N) is 1. The summed E-state index contributed by atoms with van der Waals surface area (Å²) in [5.74, 6) is -0.255. The number of anilines is 1. The molecule has 0 spiro atoms. The van der Waals surface area contributed by atoms with E-state index in [9.17, 15) is 23.1 Å². The second-order valence-electron chi connectivity index (χ2n) is 5.15. The maximum Gasteiger partial charge on any atom is 0.389 e. The molecule has 7 heteroatoms. The number of hydrogen-bond donors (Lipinski definition) is 3. The average Bonchev–Trinajstić information content (AvgIpc) is 2.84. The third kappa shape index (κ3) is 5.02. The molecule has 1 aromatic rings. The van der Waals surface area contributed by atoms with Gasteiger partial charge in [-0.2, -0.15) is 13.2 Å². The molecule has 1 fully saturated rings. The van der Waals surface area contributed by atoms with Crippen LogP contribution in [0.4, 0.5) is 18.9 Å². The van der Waals surface area contributed by atoms with E-state index >= 15 is 0 Å². The van der Waals surface area contributed by atoms with Crippen molar-refractivity contribution in [2.24, 2.45) is 0 Å². The van der Waals surface area contributed by atoms with E-state index in [2.05, 4.69) is 10.6 Å². The number of aliphatic hydroxyl groups is 1. The fraction of sp³-hybridized carbons (Fsp3) is 0.500. The highest BCUT2D eigenvalue weighted by Crippen LogP contribution is 2.22. The SMILES string of the molecule is O=C(Nc1ccc(CCC(F)(F)F)cc1)C1CC(O)CN1. The largest absolute Gasteiger partial charge is 0.392 e. The van der Waals surface area contributed by atoms with Crippen molar-refractivity contribution in [3.63, 3.8) is 0 Å². The highest BCUT2D eigenvalue weighted by atomic mass is 19.4. The number of rotatable bonds is 4. The van der Waals surface area contributed by atoms with Crippen molar-refractivity contribution < 1.29 is 23.1 Å². The Morgan fingerprint density at radius 3 is 2.52 bits per heavy atom. The van der Waals surface area contributed by atoms with E-state index in [1.54, 1.807) is 24.3 Å². The molecular weight excluding hydrogens is 285 g/mol. The summed E-state index contributed by atoms with van der Waals surface area (Å²) in [6.45, 7) is 0.383. The van der Waals surface area contributed by atoms with Crippen LogP contribution in [0.1, 0.15) is 18.4 Å². The summed E-state index contributed by atoms with van der Waals surface area (Å²) in [4.78, 5) is 11.9. The Labute approximate surface area is 120 Å². The molecule has 3 N–H and O–H groups in total. The number of halogens is 3. The van der Waals surface area contributed by atoms with E-state index in [1.165, 1.54) is 0 Å². The van der Waals surface area contributed by atoms with Gasteiger partial charge in [0.15, 0.2) is 0 Å². The first-order valence-electron chi connectivity index (χ1n) is 6.71. The molecule has 1 amide bonds. The molecule has 2 unspecified atom stereocenters. The van der Waals surface area contributed by atoms with Crippen LogP contribution in [0, 0.1) is 0 Å². The quantitative estimate of drug-likeness (QED) is 0.795. The summed E-state index contributed by atoms with van der Waals surface area (Å²) >= 11 is 0. The number of amides is 1. The van der Waals surface area contributed by atoms with E-state index in [0.717, 1.165) is 0 Å². The number of benzene rings is 1. The van der Waals surface area contributed by atoms with Crippen LogP contribution in [0.15, 0.2) is 24.3 Å². The molecule has 1 saturated heterocycles. The Bertz CT molecular complexity index is 488. The average molecular weight is 302 g/mol. The Kier molecular flexibility index (Phi) is 4.84. The molecule has 1 heterocycles. The summed E-state index contributed by atoms with van der Waals surface area (Å²) in [6.07, 6.45) is -5.26. The molecule has 21 heavy (non-hydrogen) atoms. The summed E-state index contributed by atoms with van der Waals surface area (Å²) in [5, 5.41) is 14.9. The van der Waals surface area contributed by atoms with Crippen molar-refractivity contribution in [1.29, 1.82) is 0 Å². The highest BCUT2D eigenvalue weighted by molar-refractivity contribution is 5.95. The molecule has 116 valence electrons. The summed E-state index contributed by atoms with van der Waals surface area (Å²) < 4.78 is 36.3. The van der Waals surface area contributed by atoms with E-state index < -0.39 is 24.7 Å². The van der Waals surface area contributed by atoms with Crippen molar-refractivity contribution in [3.8, 4) is 0 Å². The van der Waals surface area contributed by atoms with Gasteiger partial charge in [-0.25, -0.2) is 0 Å². The van der Waals surface area contributed by atoms with Crippen LogP contribution in [0.3, 0.4) is 0 Å². The zero-order chi connectivity index (χ0) is 15.5. The van der Waals surface area contributed by atoms with Gasteiger partial charge in [-0.3, -0.25) is 4.79 Å². The summed E-state index contributed by atoms with van der Waals surface area (Å²) in [6, 6.07) is 5.85. The Morgan fingerprint density at radius 2 is 2.00 bits per heavy atom. The van der Waals surface area contributed by atoms with Crippen molar-refractivity contribution in [3.05, 3.63) is 29.8 Å². The van der Waals surface area contributed by atoms with Crippen LogP contribution in [0.2, 0.25) is 0 Å². The Morgan fingerprint density at radius 1 is 1.33 bits per heavy atom. The smallest absolute Gasteiger partial charge is 0.389 e. The number of aliphatic hydroxyl groups excluding tert-OH is 1. The molecule has 0 bridgehead atoms. The maximum absolute atomic E-state index is 12.1. The first-order chi connectivity index (χ1) is 9.83. The van der Waals surface area contributed by atoms with E-state index in [4.69, 9.17) is 0 Å². The topological polar surface area (TPSA) is 61.4 Å². The number of hydrogen-bond acceptors (Lipinski definition) is 3. The van der Waals surface area contributed by atoms with Gasteiger partial charge in [0, 0.05) is 18.7 Å². The molecule has 0 radical (unpaired) electrons. The zero-order valence-corrected chi connectivity index (χ0v) is 11.3. The van der Waals surface area contributed by atoms with Crippen LogP contribution in [-0.4, -0.2) is 35.9 Å². The van der Waals surface area contributed by atoms with Crippen LogP contribution >= 0.6 is 0 Å². The van der Waals surface area contributed by atoms with Gasteiger partial charge in [-0.05, 0) is 30.5 Å². The van der Waals surface area contributed by atoms with Crippen LogP contribution in [0.25, 0.3) is 0 Å². The van der Waals surface area contributed by atoms with Gasteiger partial charge in [-0.15, -0.1) is 0 Å². The highest BCUT2D eigenvalue weighted by Gasteiger charge is 2.28. The fourth-order valence-corrected chi connectivity index (χ4v) is 2.19. The predicted molar refractivity (Wildman–Crippen MR) is 71.9 cm³/mol. The molecule has 1 aliphatic heterocycles. The second-order valence-corrected chi connectivity index (χ2v) is 5.15. The lowest BCUT2D eigenvalue weighted by Gasteiger charge is -2.11. The molecular formula is C14H17F3N2O2. The third-order valence-electron chi connectivity index (χ3n) is 3.34. The predicted octanol–water partition coefficient (Wildman–Crippen LogP) is 1.84. The summed E-state index contributed by atoms with van der Waals surface area (Å²) in [5.41, 5.74) is 1.10. The number of aryl methyl sites for hydroxylation is 1. The van der Waals surface area contributed by atoms with Crippen LogP contribution in [0.5, 0.6) is 0 Å². The van der Waals surface area contributed by atoms with Gasteiger partial charge in [0.05, 0.1) is 12.1 Å². The van der Waals surface area contributed by atoms with E-state index in [-0.39, 0.29) is 12.3 Å². The minimum atomic E-state index is -4.16. The lowest BCUT2D eigenvalue weighted by atomic mass is 10.1. The van der Waals surface area contributed by atoms with Crippen LogP contribution in [-0.2, 0) is 11.2 Å². The van der Waals surface area contributed by atoms with E-state index in [0.29, 0.717) is 24.2 Å². The van der Waals surface area contributed by atoms with Crippen molar-refractivity contribution >= 4 is 11.6 Å². The first kappa shape index (κ1) is 15.8.